The molecule has 4 nitrogen and oxygen atoms in total. The minimum atomic E-state index is 0.683. The Morgan fingerprint density at radius 2 is 1.77 bits per heavy atom. The van der Waals surface area contributed by atoms with E-state index in [1.807, 2.05) is 41.7 Å². The Labute approximate surface area is 158 Å². The number of aromatic nitrogens is 1. The van der Waals surface area contributed by atoms with Crippen LogP contribution in [-0.2, 0) is 19.6 Å². The standard InChI is InChI=1S/C21H25N3OS/c1-3-7-17(8-4-1)21-23-18(16-25-21)13-22-14-19-9-10-20(26-19)15-24-11-5-2-6-12-24/h1,3-4,7-10,16,22H,2,5-6,11-15H2. The number of rotatable bonds is 7. The third-order valence-electron chi connectivity index (χ3n) is 4.72. The molecule has 5 heteroatoms. The van der Waals surface area contributed by atoms with Crippen molar-refractivity contribution < 1.29 is 4.42 Å². The summed E-state index contributed by atoms with van der Waals surface area (Å²) in [7, 11) is 0. The molecule has 0 spiro atoms. The Morgan fingerprint density at radius 3 is 2.62 bits per heavy atom. The van der Waals surface area contributed by atoms with Gasteiger partial charge in [-0.15, -0.1) is 11.3 Å². The van der Waals surface area contributed by atoms with Crippen molar-refractivity contribution in [2.24, 2.45) is 0 Å². The van der Waals surface area contributed by atoms with E-state index in [-0.39, 0.29) is 0 Å². The van der Waals surface area contributed by atoms with Crippen molar-refractivity contribution >= 4 is 11.3 Å². The lowest BCUT2D eigenvalue weighted by atomic mass is 10.1. The largest absolute Gasteiger partial charge is 0.444 e. The first-order valence-electron chi connectivity index (χ1n) is 9.37. The number of hydrogen-bond donors (Lipinski definition) is 1. The molecule has 3 heterocycles. The molecule has 0 atom stereocenters. The number of likely N-dealkylation sites (tertiary alicyclic amines) is 1. The van der Waals surface area contributed by atoms with Gasteiger partial charge in [0.05, 0.1) is 5.69 Å². The van der Waals surface area contributed by atoms with Gasteiger partial charge in [-0.05, 0) is 50.2 Å². The Hall–Kier alpha value is -1.95. The van der Waals surface area contributed by atoms with E-state index >= 15 is 0 Å². The van der Waals surface area contributed by atoms with Gasteiger partial charge in [0.1, 0.15) is 6.26 Å². The number of nitrogens with zero attached hydrogens (tertiary/aromatic N) is 2. The van der Waals surface area contributed by atoms with E-state index in [1.165, 1.54) is 42.1 Å². The highest BCUT2D eigenvalue weighted by atomic mass is 32.1. The second kappa shape index (κ2) is 8.62. The lowest BCUT2D eigenvalue weighted by Gasteiger charge is -2.25. The van der Waals surface area contributed by atoms with E-state index in [9.17, 15) is 0 Å². The number of hydrogen-bond acceptors (Lipinski definition) is 5. The average molecular weight is 368 g/mol. The van der Waals surface area contributed by atoms with E-state index in [4.69, 9.17) is 4.42 Å². The fourth-order valence-electron chi connectivity index (χ4n) is 3.36. The van der Waals surface area contributed by atoms with Crippen molar-refractivity contribution in [3.8, 4) is 11.5 Å². The molecule has 0 saturated carbocycles. The summed E-state index contributed by atoms with van der Waals surface area (Å²) in [4.78, 5) is 9.99. The average Bonchev–Trinajstić information content (AvgIpc) is 3.33. The lowest BCUT2D eigenvalue weighted by molar-refractivity contribution is 0.222. The van der Waals surface area contributed by atoms with Gasteiger partial charge in [-0.2, -0.15) is 0 Å². The summed E-state index contributed by atoms with van der Waals surface area (Å²) < 4.78 is 5.59. The molecule has 26 heavy (non-hydrogen) atoms. The second-order valence-electron chi connectivity index (χ2n) is 6.82. The van der Waals surface area contributed by atoms with Crippen molar-refractivity contribution in [1.29, 1.82) is 0 Å². The highest BCUT2D eigenvalue weighted by molar-refractivity contribution is 7.11. The van der Waals surface area contributed by atoms with Crippen molar-refractivity contribution in [1.82, 2.24) is 15.2 Å². The van der Waals surface area contributed by atoms with Gasteiger partial charge in [-0.1, -0.05) is 24.6 Å². The molecule has 1 aliphatic rings. The Balaban J connectivity index is 1.25. The van der Waals surface area contributed by atoms with Crippen LogP contribution in [0.25, 0.3) is 11.5 Å². The first-order chi connectivity index (χ1) is 12.9. The molecular weight excluding hydrogens is 342 g/mol. The van der Waals surface area contributed by atoms with Crippen LogP contribution in [0.4, 0.5) is 0 Å². The topological polar surface area (TPSA) is 41.3 Å². The van der Waals surface area contributed by atoms with E-state index in [0.29, 0.717) is 5.89 Å². The van der Waals surface area contributed by atoms with Crippen LogP contribution in [0.3, 0.4) is 0 Å². The van der Waals surface area contributed by atoms with Crippen molar-refractivity contribution in [3.05, 3.63) is 64.2 Å². The fourth-order valence-corrected chi connectivity index (χ4v) is 4.39. The first-order valence-corrected chi connectivity index (χ1v) is 10.2. The van der Waals surface area contributed by atoms with Gasteiger partial charge in [-0.3, -0.25) is 4.90 Å². The number of benzene rings is 1. The zero-order valence-electron chi connectivity index (χ0n) is 15.0. The Bertz CT molecular complexity index is 806. The van der Waals surface area contributed by atoms with Crippen molar-refractivity contribution in [3.63, 3.8) is 0 Å². The van der Waals surface area contributed by atoms with Crippen LogP contribution in [-0.4, -0.2) is 23.0 Å². The van der Waals surface area contributed by atoms with Crippen LogP contribution in [0.15, 0.2) is 53.1 Å². The summed E-state index contributed by atoms with van der Waals surface area (Å²) in [6.45, 7) is 5.20. The monoisotopic (exact) mass is 367 g/mol. The zero-order chi connectivity index (χ0) is 17.6. The molecule has 0 unspecified atom stereocenters. The van der Waals surface area contributed by atoms with Gasteiger partial charge in [-0.25, -0.2) is 4.98 Å². The van der Waals surface area contributed by atoms with Crippen LogP contribution in [0.5, 0.6) is 0 Å². The van der Waals surface area contributed by atoms with Crippen LogP contribution in [0.2, 0.25) is 0 Å². The smallest absolute Gasteiger partial charge is 0.226 e. The minimum Gasteiger partial charge on any atom is -0.444 e. The molecule has 1 fully saturated rings. The molecule has 0 bridgehead atoms. The summed E-state index contributed by atoms with van der Waals surface area (Å²) in [5.41, 5.74) is 1.95. The van der Waals surface area contributed by atoms with Gasteiger partial charge in [0.15, 0.2) is 0 Å². The fraction of sp³-hybridized carbons (Fsp3) is 0.381. The highest BCUT2D eigenvalue weighted by Gasteiger charge is 2.12. The third kappa shape index (κ3) is 4.61. The molecule has 1 aliphatic heterocycles. The molecular formula is C21H25N3OS. The molecule has 0 radical (unpaired) electrons. The van der Waals surface area contributed by atoms with E-state index in [1.54, 1.807) is 6.26 Å². The number of piperidine rings is 1. The quantitative estimate of drug-likeness (QED) is 0.658. The van der Waals surface area contributed by atoms with Crippen molar-refractivity contribution in [2.75, 3.05) is 13.1 Å². The SMILES string of the molecule is c1ccc(-c2nc(CNCc3ccc(CN4CCCCC4)s3)co2)cc1. The first kappa shape index (κ1) is 17.5. The predicted molar refractivity (Wildman–Crippen MR) is 106 cm³/mol. The molecule has 136 valence electrons. The van der Waals surface area contributed by atoms with Gasteiger partial charge >= 0.3 is 0 Å². The maximum absolute atomic E-state index is 5.59. The third-order valence-corrected chi connectivity index (χ3v) is 5.79. The van der Waals surface area contributed by atoms with Crippen LogP contribution >= 0.6 is 11.3 Å². The number of nitrogens with one attached hydrogen (secondary N) is 1. The minimum absolute atomic E-state index is 0.683. The van der Waals surface area contributed by atoms with E-state index in [2.05, 4.69) is 27.3 Å². The lowest BCUT2D eigenvalue weighted by Crippen LogP contribution is -2.28. The normalized spacial score (nSPS) is 15.4. The molecule has 2 aromatic heterocycles. The zero-order valence-corrected chi connectivity index (χ0v) is 15.8. The maximum Gasteiger partial charge on any atom is 0.226 e. The maximum atomic E-state index is 5.59. The van der Waals surface area contributed by atoms with Gasteiger partial charge in [0.25, 0.3) is 0 Å². The summed E-state index contributed by atoms with van der Waals surface area (Å²) >= 11 is 1.92. The molecule has 1 N–H and O–H groups in total. The predicted octanol–water partition coefficient (Wildman–Crippen LogP) is 4.68. The molecule has 1 saturated heterocycles. The van der Waals surface area contributed by atoms with Crippen LogP contribution in [0.1, 0.15) is 34.7 Å². The van der Waals surface area contributed by atoms with Gasteiger partial charge in [0, 0.05) is 35.0 Å². The molecule has 0 amide bonds. The summed E-state index contributed by atoms with van der Waals surface area (Å²) in [6.07, 6.45) is 5.83. The molecule has 3 aromatic rings. The summed E-state index contributed by atoms with van der Waals surface area (Å²) in [6, 6.07) is 14.5. The number of oxazole rings is 1. The van der Waals surface area contributed by atoms with Crippen molar-refractivity contribution in [2.45, 2.75) is 38.9 Å². The molecule has 1 aromatic carbocycles. The summed E-state index contributed by atoms with van der Waals surface area (Å²) in [5.74, 6) is 0.683. The molecule has 0 aliphatic carbocycles. The van der Waals surface area contributed by atoms with Crippen LogP contribution in [0, 0.1) is 0 Å². The number of thiophene rings is 1. The Morgan fingerprint density at radius 1 is 0.962 bits per heavy atom. The van der Waals surface area contributed by atoms with Gasteiger partial charge in [0.2, 0.25) is 5.89 Å². The van der Waals surface area contributed by atoms with Gasteiger partial charge < -0.3 is 9.73 Å². The molecule has 4 rings (SSSR count). The van der Waals surface area contributed by atoms with E-state index in [0.717, 1.165) is 30.9 Å². The summed E-state index contributed by atoms with van der Waals surface area (Å²) in [5, 5.41) is 3.47. The highest BCUT2D eigenvalue weighted by Crippen LogP contribution is 2.21. The van der Waals surface area contributed by atoms with E-state index < -0.39 is 0 Å². The second-order valence-corrected chi connectivity index (χ2v) is 8.07. The Kier molecular flexibility index (Phi) is 5.79. The van der Waals surface area contributed by atoms with Crippen LogP contribution < -0.4 is 5.32 Å².